The minimum atomic E-state index is -0.772. The number of aliphatic hydroxyl groups excluding tert-OH is 1. The summed E-state index contributed by atoms with van der Waals surface area (Å²) in [5, 5.41) is 12.6. The van der Waals surface area contributed by atoms with Gasteiger partial charge in [-0.25, -0.2) is 4.39 Å². The predicted molar refractivity (Wildman–Crippen MR) is 82.1 cm³/mol. The first kappa shape index (κ1) is 16.9. The molecular formula is C17H24FNO3. The lowest BCUT2D eigenvalue weighted by atomic mass is 9.73. The molecule has 4 nitrogen and oxygen atoms in total. The summed E-state index contributed by atoms with van der Waals surface area (Å²) in [6.07, 6.45) is 2.01. The summed E-state index contributed by atoms with van der Waals surface area (Å²) < 4.78 is 18.9. The van der Waals surface area contributed by atoms with Gasteiger partial charge in [0.25, 0.3) is 0 Å². The third kappa shape index (κ3) is 3.84. The van der Waals surface area contributed by atoms with Crippen molar-refractivity contribution >= 4 is 5.91 Å². The summed E-state index contributed by atoms with van der Waals surface area (Å²) in [6.45, 7) is 3.16. The maximum Gasteiger partial charge on any atom is 0.230 e. The number of rotatable bonds is 6. The summed E-state index contributed by atoms with van der Waals surface area (Å²) in [5.74, 6) is -0.501. The Bertz CT molecular complexity index is 500. The average molecular weight is 309 g/mol. The van der Waals surface area contributed by atoms with Crippen LogP contribution in [0.2, 0.25) is 0 Å². The molecule has 0 spiro atoms. The Morgan fingerprint density at radius 1 is 1.45 bits per heavy atom. The number of hydrogen-bond acceptors (Lipinski definition) is 3. The fraction of sp³-hybridized carbons (Fsp3) is 0.588. The number of carbonyl (C=O) groups excluding carboxylic acids is 1. The quantitative estimate of drug-likeness (QED) is 0.846. The molecule has 1 saturated heterocycles. The Labute approximate surface area is 130 Å². The second-order valence-corrected chi connectivity index (χ2v) is 5.86. The van der Waals surface area contributed by atoms with Gasteiger partial charge in [0.1, 0.15) is 5.82 Å². The summed E-state index contributed by atoms with van der Waals surface area (Å²) in [7, 11) is 0. The Morgan fingerprint density at radius 3 is 2.82 bits per heavy atom. The number of aliphatic hydroxyl groups is 1. The van der Waals surface area contributed by atoms with Crippen molar-refractivity contribution < 1.29 is 19.0 Å². The van der Waals surface area contributed by atoms with Crippen LogP contribution in [0, 0.1) is 5.82 Å². The number of amides is 1. The first-order chi connectivity index (χ1) is 10.6. The van der Waals surface area contributed by atoms with Gasteiger partial charge in [-0.15, -0.1) is 0 Å². The monoisotopic (exact) mass is 309 g/mol. The molecule has 0 saturated carbocycles. The van der Waals surface area contributed by atoms with Gasteiger partial charge in [0, 0.05) is 19.8 Å². The minimum absolute atomic E-state index is 0.156. The number of nitrogens with one attached hydrogen (secondary N) is 1. The average Bonchev–Trinajstić information content (AvgIpc) is 2.53. The third-order valence-corrected chi connectivity index (χ3v) is 4.28. The van der Waals surface area contributed by atoms with Crippen LogP contribution in [-0.2, 0) is 14.9 Å². The highest BCUT2D eigenvalue weighted by molar-refractivity contribution is 5.88. The van der Waals surface area contributed by atoms with Gasteiger partial charge in [0.2, 0.25) is 5.91 Å². The van der Waals surface area contributed by atoms with Crippen LogP contribution in [0.4, 0.5) is 4.39 Å². The second kappa shape index (κ2) is 7.70. The smallest absolute Gasteiger partial charge is 0.230 e. The van der Waals surface area contributed by atoms with E-state index in [9.17, 15) is 14.3 Å². The molecule has 1 amide bonds. The van der Waals surface area contributed by atoms with Crippen molar-refractivity contribution in [2.75, 3.05) is 19.8 Å². The van der Waals surface area contributed by atoms with E-state index in [4.69, 9.17) is 4.74 Å². The molecule has 0 aliphatic carbocycles. The van der Waals surface area contributed by atoms with E-state index in [0.717, 1.165) is 6.42 Å². The first-order valence-electron chi connectivity index (χ1n) is 7.88. The summed E-state index contributed by atoms with van der Waals surface area (Å²) >= 11 is 0. The van der Waals surface area contributed by atoms with Crippen LogP contribution >= 0.6 is 0 Å². The van der Waals surface area contributed by atoms with Crippen molar-refractivity contribution in [3.63, 3.8) is 0 Å². The van der Waals surface area contributed by atoms with E-state index in [2.05, 4.69) is 5.32 Å². The predicted octanol–water partition coefficient (Wildman–Crippen LogP) is 2.15. The lowest BCUT2D eigenvalue weighted by molar-refractivity contribution is -0.131. The highest BCUT2D eigenvalue weighted by atomic mass is 19.1. The normalized spacial score (nSPS) is 18.7. The Balaban J connectivity index is 2.16. The van der Waals surface area contributed by atoms with Gasteiger partial charge in [-0.2, -0.15) is 0 Å². The van der Waals surface area contributed by atoms with Gasteiger partial charge in [-0.3, -0.25) is 4.79 Å². The van der Waals surface area contributed by atoms with Gasteiger partial charge in [-0.1, -0.05) is 25.5 Å². The highest BCUT2D eigenvalue weighted by Crippen LogP contribution is 2.35. The third-order valence-electron chi connectivity index (χ3n) is 4.28. The zero-order valence-electron chi connectivity index (χ0n) is 13.0. The molecule has 1 atom stereocenters. The van der Waals surface area contributed by atoms with Crippen LogP contribution < -0.4 is 5.32 Å². The molecule has 1 heterocycles. The van der Waals surface area contributed by atoms with Crippen LogP contribution in [0.25, 0.3) is 0 Å². The standard InChI is InChI=1S/C17H24FNO3/c1-2-4-15(20)12-19-16(21)17(7-9-22-10-8-17)13-5-3-6-14(18)11-13/h3,5-6,11,15,20H,2,4,7-10,12H2,1H3,(H,19,21). The van der Waals surface area contributed by atoms with Crippen LogP contribution in [0.1, 0.15) is 38.2 Å². The second-order valence-electron chi connectivity index (χ2n) is 5.86. The van der Waals surface area contributed by atoms with E-state index < -0.39 is 11.5 Å². The summed E-state index contributed by atoms with van der Waals surface area (Å²) in [5.41, 5.74) is -0.0926. The van der Waals surface area contributed by atoms with Gasteiger partial charge in [0.15, 0.2) is 0 Å². The van der Waals surface area contributed by atoms with Crippen molar-refractivity contribution in [2.45, 2.75) is 44.1 Å². The maximum absolute atomic E-state index is 13.6. The molecule has 0 aromatic heterocycles. The van der Waals surface area contributed by atoms with Crippen LogP contribution in [0.3, 0.4) is 0 Å². The largest absolute Gasteiger partial charge is 0.391 e. The Kier molecular flexibility index (Phi) is 5.91. The molecule has 1 aromatic carbocycles. The van der Waals surface area contributed by atoms with Crippen molar-refractivity contribution in [3.8, 4) is 0 Å². The van der Waals surface area contributed by atoms with E-state index in [0.29, 0.717) is 38.0 Å². The molecule has 1 aliphatic heterocycles. The van der Waals surface area contributed by atoms with E-state index in [1.165, 1.54) is 12.1 Å². The SMILES string of the molecule is CCCC(O)CNC(=O)C1(c2cccc(F)c2)CCOCC1. The number of ether oxygens (including phenoxy) is 1. The molecule has 1 aromatic rings. The van der Waals surface area contributed by atoms with E-state index >= 15 is 0 Å². The minimum Gasteiger partial charge on any atom is -0.391 e. The van der Waals surface area contributed by atoms with E-state index in [1.807, 2.05) is 6.92 Å². The number of carbonyl (C=O) groups is 1. The van der Waals surface area contributed by atoms with E-state index in [1.54, 1.807) is 12.1 Å². The number of benzene rings is 1. The van der Waals surface area contributed by atoms with Crippen molar-refractivity contribution in [1.29, 1.82) is 0 Å². The fourth-order valence-electron chi connectivity index (χ4n) is 2.97. The van der Waals surface area contributed by atoms with Gasteiger partial charge < -0.3 is 15.2 Å². The van der Waals surface area contributed by atoms with Gasteiger partial charge in [-0.05, 0) is 37.0 Å². The Hall–Kier alpha value is -1.46. The fourth-order valence-corrected chi connectivity index (χ4v) is 2.97. The lowest BCUT2D eigenvalue weighted by Crippen LogP contribution is -2.49. The zero-order valence-corrected chi connectivity index (χ0v) is 13.0. The molecule has 0 radical (unpaired) electrons. The summed E-state index contributed by atoms with van der Waals surface area (Å²) in [6, 6.07) is 6.21. The topological polar surface area (TPSA) is 58.6 Å². The molecule has 1 aliphatic rings. The number of halogens is 1. The van der Waals surface area contributed by atoms with Gasteiger partial charge in [0.05, 0.1) is 11.5 Å². The first-order valence-corrected chi connectivity index (χ1v) is 7.88. The number of hydrogen-bond donors (Lipinski definition) is 2. The lowest BCUT2D eigenvalue weighted by Gasteiger charge is -2.36. The van der Waals surface area contributed by atoms with Gasteiger partial charge >= 0.3 is 0 Å². The molecule has 2 rings (SSSR count). The van der Waals surface area contributed by atoms with Crippen LogP contribution in [0.15, 0.2) is 24.3 Å². The van der Waals surface area contributed by atoms with E-state index in [-0.39, 0.29) is 18.3 Å². The van der Waals surface area contributed by atoms with Crippen LogP contribution in [-0.4, -0.2) is 36.9 Å². The molecule has 122 valence electrons. The molecule has 1 fully saturated rings. The van der Waals surface area contributed by atoms with Crippen molar-refractivity contribution in [2.24, 2.45) is 0 Å². The molecule has 22 heavy (non-hydrogen) atoms. The summed E-state index contributed by atoms with van der Waals surface area (Å²) in [4.78, 5) is 12.7. The molecule has 2 N–H and O–H groups in total. The Morgan fingerprint density at radius 2 is 2.18 bits per heavy atom. The maximum atomic E-state index is 13.6. The highest BCUT2D eigenvalue weighted by Gasteiger charge is 2.41. The zero-order chi connectivity index (χ0) is 16.0. The van der Waals surface area contributed by atoms with Crippen molar-refractivity contribution in [1.82, 2.24) is 5.32 Å². The van der Waals surface area contributed by atoms with Crippen LogP contribution in [0.5, 0.6) is 0 Å². The molecular weight excluding hydrogens is 285 g/mol. The molecule has 0 bridgehead atoms. The molecule has 5 heteroatoms. The molecule has 1 unspecified atom stereocenters. The van der Waals surface area contributed by atoms with Crippen molar-refractivity contribution in [3.05, 3.63) is 35.6 Å².